The van der Waals surface area contributed by atoms with Crippen LogP contribution in [0.25, 0.3) is 21.9 Å². The van der Waals surface area contributed by atoms with Gasteiger partial charge in [-0.1, -0.05) is 0 Å². The van der Waals surface area contributed by atoms with Gasteiger partial charge in [0.25, 0.3) is 5.91 Å². The van der Waals surface area contributed by atoms with Crippen molar-refractivity contribution in [3.63, 3.8) is 0 Å². The standard InChI is InChI=1S/C17H14N4O/c1-10-6-12-7-13(3-5-14(12)20-10)21-17(22)11-2-4-15-16(8-11)19-9-18-15/h2-9,20H,1H3,(H,18,19)(H,21,22). The molecule has 0 saturated heterocycles. The second-order valence-corrected chi connectivity index (χ2v) is 5.34. The molecule has 0 aliphatic rings. The highest BCUT2D eigenvalue weighted by Gasteiger charge is 2.08. The van der Waals surface area contributed by atoms with Crippen LogP contribution in [0.15, 0.2) is 48.8 Å². The van der Waals surface area contributed by atoms with Crippen LogP contribution in [-0.4, -0.2) is 20.9 Å². The number of hydrogen-bond acceptors (Lipinski definition) is 2. The Balaban J connectivity index is 1.64. The van der Waals surface area contributed by atoms with Gasteiger partial charge in [-0.05, 0) is 49.4 Å². The van der Waals surface area contributed by atoms with Crippen LogP contribution in [0.1, 0.15) is 16.1 Å². The third-order valence-corrected chi connectivity index (χ3v) is 3.70. The number of carbonyl (C=O) groups excluding carboxylic acids is 1. The zero-order valence-corrected chi connectivity index (χ0v) is 12.0. The van der Waals surface area contributed by atoms with Crippen LogP contribution in [0, 0.1) is 6.92 Å². The molecule has 0 atom stereocenters. The van der Waals surface area contributed by atoms with E-state index in [1.807, 2.05) is 31.2 Å². The first-order valence-corrected chi connectivity index (χ1v) is 7.03. The van der Waals surface area contributed by atoms with Crippen LogP contribution in [0.5, 0.6) is 0 Å². The number of H-pyrrole nitrogens is 2. The van der Waals surface area contributed by atoms with E-state index in [4.69, 9.17) is 0 Å². The summed E-state index contributed by atoms with van der Waals surface area (Å²) in [5.41, 5.74) is 5.24. The summed E-state index contributed by atoms with van der Waals surface area (Å²) in [7, 11) is 0. The number of amides is 1. The van der Waals surface area contributed by atoms with Gasteiger partial charge in [-0.2, -0.15) is 0 Å². The number of benzene rings is 2. The van der Waals surface area contributed by atoms with Crippen molar-refractivity contribution in [1.29, 1.82) is 0 Å². The molecule has 5 heteroatoms. The van der Waals surface area contributed by atoms with Crippen LogP contribution in [0.4, 0.5) is 5.69 Å². The number of anilines is 1. The first-order chi connectivity index (χ1) is 10.7. The third kappa shape index (κ3) is 2.13. The fourth-order valence-corrected chi connectivity index (χ4v) is 2.64. The van der Waals surface area contributed by atoms with Gasteiger partial charge in [0, 0.05) is 27.8 Å². The molecule has 0 bridgehead atoms. The van der Waals surface area contributed by atoms with E-state index < -0.39 is 0 Å². The Bertz CT molecular complexity index is 996. The molecule has 2 aromatic heterocycles. The summed E-state index contributed by atoms with van der Waals surface area (Å²) in [6, 6.07) is 13.3. The molecule has 0 fully saturated rings. The van der Waals surface area contributed by atoms with E-state index in [0.717, 1.165) is 33.3 Å². The molecule has 3 N–H and O–H groups in total. The van der Waals surface area contributed by atoms with Gasteiger partial charge in [-0.15, -0.1) is 0 Å². The van der Waals surface area contributed by atoms with Gasteiger partial charge in [-0.3, -0.25) is 4.79 Å². The van der Waals surface area contributed by atoms with Gasteiger partial charge in [0.1, 0.15) is 0 Å². The van der Waals surface area contributed by atoms with E-state index in [-0.39, 0.29) is 5.91 Å². The Labute approximate surface area is 126 Å². The lowest BCUT2D eigenvalue weighted by atomic mass is 10.1. The van der Waals surface area contributed by atoms with Gasteiger partial charge in [0.15, 0.2) is 0 Å². The Morgan fingerprint density at radius 1 is 1.09 bits per heavy atom. The summed E-state index contributed by atoms with van der Waals surface area (Å²) >= 11 is 0. The lowest BCUT2D eigenvalue weighted by Crippen LogP contribution is -2.11. The summed E-state index contributed by atoms with van der Waals surface area (Å²) < 4.78 is 0. The number of aryl methyl sites for hydroxylation is 1. The molecule has 1 amide bonds. The van der Waals surface area contributed by atoms with Crippen molar-refractivity contribution in [2.75, 3.05) is 5.32 Å². The van der Waals surface area contributed by atoms with E-state index in [9.17, 15) is 4.79 Å². The maximum atomic E-state index is 12.4. The highest BCUT2D eigenvalue weighted by Crippen LogP contribution is 2.21. The highest BCUT2D eigenvalue weighted by atomic mass is 16.1. The zero-order chi connectivity index (χ0) is 15.1. The minimum Gasteiger partial charge on any atom is -0.359 e. The second kappa shape index (κ2) is 4.73. The summed E-state index contributed by atoms with van der Waals surface area (Å²) in [4.78, 5) is 22.8. The quantitative estimate of drug-likeness (QED) is 0.527. The average Bonchev–Trinajstić information content (AvgIpc) is 3.10. The van der Waals surface area contributed by atoms with Crippen molar-refractivity contribution in [3.05, 3.63) is 60.0 Å². The van der Waals surface area contributed by atoms with Gasteiger partial charge >= 0.3 is 0 Å². The van der Waals surface area contributed by atoms with Crippen LogP contribution in [-0.2, 0) is 0 Å². The number of rotatable bonds is 2. The summed E-state index contributed by atoms with van der Waals surface area (Å²) in [6.45, 7) is 2.01. The van der Waals surface area contributed by atoms with Crippen molar-refractivity contribution < 1.29 is 4.79 Å². The van der Waals surface area contributed by atoms with Crippen molar-refractivity contribution in [2.24, 2.45) is 0 Å². The molecule has 0 aliphatic heterocycles. The summed E-state index contributed by atoms with van der Waals surface area (Å²) in [5, 5.41) is 4.01. The molecular weight excluding hydrogens is 276 g/mol. The lowest BCUT2D eigenvalue weighted by Gasteiger charge is -2.05. The number of imidazole rings is 1. The van der Waals surface area contributed by atoms with E-state index in [1.54, 1.807) is 18.5 Å². The average molecular weight is 290 g/mol. The van der Waals surface area contributed by atoms with Crippen molar-refractivity contribution >= 4 is 33.5 Å². The molecule has 108 valence electrons. The normalized spacial score (nSPS) is 11.1. The number of hydrogen-bond donors (Lipinski definition) is 3. The Hall–Kier alpha value is -3.08. The molecule has 4 aromatic rings. The molecule has 4 rings (SSSR count). The fraction of sp³-hybridized carbons (Fsp3) is 0.0588. The molecule has 0 unspecified atom stereocenters. The predicted octanol–water partition coefficient (Wildman–Crippen LogP) is 3.60. The number of nitrogens with one attached hydrogen (secondary N) is 3. The number of aromatic amines is 2. The third-order valence-electron chi connectivity index (χ3n) is 3.70. The minimum atomic E-state index is -0.136. The van der Waals surface area contributed by atoms with E-state index in [1.165, 1.54) is 0 Å². The Morgan fingerprint density at radius 2 is 2.00 bits per heavy atom. The van der Waals surface area contributed by atoms with Crippen molar-refractivity contribution in [1.82, 2.24) is 15.0 Å². The molecule has 0 aliphatic carbocycles. The number of nitrogens with zero attached hydrogens (tertiary/aromatic N) is 1. The molecule has 0 spiro atoms. The number of carbonyl (C=O) groups is 1. The maximum absolute atomic E-state index is 12.4. The monoisotopic (exact) mass is 290 g/mol. The molecule has 5 nitrogen and oxygen atoms in total. The number of aromatic nitrogens is 3. The molecule has 0 radical (unpaired) electrons. The largest absolute Gasteiger partial charge is 0.359 e. The van der Waals surface area contributed by atoms with Crippen LogP contribution in [0.3, 0.4) is 0 Å². The molecule has 2 heterocycles. The maximum Gasteiger partial charge on any atom is 0.255 e. The van der Waals surface area contributed by atoms with Crippen LogP contribution in [0.2, 0.25) is 0 Å². The zero-order valence-electron chi connectivity index (χ0n) is 12.0. The van der Waals surface area contributed by atoms with Crippen molar-refractivity contribution in [3.8, 4) is 0 Å². The minimum absolute atomic E-state index is 0.136. The highest BCUT2D eigenvalue weighted by molar-refractivity contribution is 6.06. The first kappa shape index (κ1) is 12.6. The summed E-state index contributed by atoms with van der Waals surface area (Å²) in [5.74, 6) is -0.136. The van der Waals surface area contributed by atoms with Gasteiger partial charge in [0.2, 0.25) is 0 Å². The van der Waals surface area contributed by atoms with Gasteiger partial charge in [0.05, 0.1) is 17.4 Å². The van der Waals surface area contributed by atoms with Gasteiger partial charge < -0.3 is 15.3 Å². The van der Waals surface area contributed by atoms with Crippen LogP contribution < -0.4 is 5.32 Å². The van der Waals surface area contributed by atoms with Crippen LogP contribution >= 0.6 is 0 Å². The molecular formula is C17H14N4O. The fourth-order valence-electron chi connectivity index (χ4n) is 2.64. The van der Waals surface area contributed by atoms with E-state index in [0.29, 0.717) is 5.56 Å². The van der Waals surface area contributed by atoms with Gasteiger partial charge in [-0.25, -0.2) is 4.98 Å². The Kier molecular flexibility index (Phi) is 2.72. The summed E-state index contributed by atoms with van der Waals surface area (Å²) in [6.07, 6.45) is 1.62. The molecule has 22 heavy (non-hydrogen) atoms. The SMILES string of the molecule is Cc1cc2cc(NC(=O)c3ccc4nc[nH]c4c3)ccc2[nH]1. The Morgan fingerprint density at radius 3 is 2.91 bits per heavy atom. The smallest absolute Gasteiger partial charge is 0.255 e. The lowest BCUT2D eigenvalue weighted by molar-refractivity contribution is 0.102. The van der Waals surface area contributed by atoms with Crippen molar-refractivity contribution in [2.45, 2.75) is 6.92 Å². The topological polar surface area (TPSA) is 73.6 Å². The van der Waals surface area contributed by atoms with E-state index >= 15 is 0 Å². The first-order valence-electron chi connectivity index (χ1n) is 7.03. The van der Waals surface area contributed by atoms with E-state index in [2.05, 4.69) is 26.3 Å². The molecule has 2 aromatic carbocycles. The number of fused-ring (bicyclic) bond motifs is 2. The second-order valence-electron chi connectivity index (χ2n) is 5.34. The molecule has 0 saturated carbocycles. The predicted molar refractivity (Wildman–Crippen MR) is 87.1 cm³/mol.